The van der Waals surface area contributed by atoms with Crippen LogP contribution in [0.15, 0.2) is 71.9 Å². The Bertz CT molecular complexity index is 1080. The molecule has 9 heteroatoms. The predicted molar refractivity (Wildman–Crippen MR) is 97.0 cm³/mol. The van der Waals surface area contributed by atoms with Crippen molar-refractivity contribution in [3.05, 3.63) is 72.6 Å². The van der Waals surface area contributed by atoms with Gasteiger partial charge in [0.15, 0.2) is 0 Å². The molecule has 2 aromatic carbocycles. The van der Waals surface area contributed by atoms with Gasteiger partial charge in [0.25, 0.3) is 10.0 Å². The number of anilines is 1. The lowest BCUT2D eigenvalue weighted by molar-refractivity contribution is -0.129. The van der Waals surface area contributed by atoms with Crippen LogP contribution in [-0.4, -0.2) is 29.3 Å². The summed E-state index contributed by atoms with van der Waals surface area (Å²) in [5.41, 5.74) is 3.31. The Labute approximate surface area is 155 Å². The highest BCUT2D eigenvalue weighted by molar-refractivity contribution is 7.93. The first-order chi connectivity index (χ1) is 13.0. The van der Waals surface area contributed by atoms with E-state index in [-0.39, 0.29) is 11.3 Å². The lowest BCUT2D eigenvalue weighted by Gasteiger charge is -2.25. The van der Waals surface area contributed by atoms with E-state index in [1.54, 1.807) is 71.1 Å². The number of nitrogens with zero attached hydrogens (tertiary/aromatic N) is 3. The lowest BCUT2D eigenvalue weighted by atomic mass is 10.0. The first-order valence-electron chi connectivity index (χ1n) is 8.19. The summed E-state index contributed by atoms with van der Waals surface area (Å²) in [6, 6.07) is 14.5. The van der Waals surface area contributed by atoms with E-state index in [1.807, 2.05) is 0 Å². The van der Waals surface area contributed by atoms with E-state index in [9.17, 15) is 13.2 Å². The predicted octanol–water partition coefficient (Wildman–Crippen LogP) is 2.02. The quantitative estimate of drug-likeness (QED) is 0.529. The summed E-state index contributed by atoms with van der Waals surface area (Å²) in [5, 5.41) is 13.0. The number of benzene rings is 2. The average molecular weight is 384 g/mol. The van der Waals surface area contributed by atoms with E-state index in [0.717, 1.165) is 5.69 Å². The van der Waals surface area contributed by atoms with Crippen LogP contribution in [0.5, 0.6) is 0 Å². The van der Waals surface area contributed by atoms with Crippen LogP contribution in [0.4, 0.5) is 5.69 Å². The molecule has 0 radical (unpaired) electrons. The van der Waals surface area contributed by atoms with E-state index >= 15 is 0 Å². The number of nitrogens with one attached hydrogen (secondary N) is 1. The summed E-state index contributed by atoms with van der Waals surface area (Å²) in [5.74, 6) is -0.662. The highest BCUT2D eigenvalue weighted by Crippen LogP contribution is 2.44. The van der Waals surface area contributed by atoms with Crippen molar-refractivity contribution in [3.8, 4) is 5.69 Å². The number of fused-ring (bicyclic) bond motifs is 1. The van der Waals surface area contributed by atoms with Crippen LogP contribution in [0.3, 0.4) is 0 Å². The molecule has 0 saturated carbocycles. The van der Waals surface area contributed by atoms with Gasteiger partial charge in [-0.15, -0.1) is 0 Å². The Morgan fingerprint density at radius 1 is 1.07 bits per heavy atom. The average Bonchev–Trinajstić information content (AvgIpc) is 3.28. The molecule has 3 aromatic rings. The topological polar surface area (TPSA) is 105 Å². The maximum atomic E-state index is 13.1. The molecule has 1 aromatic heterocycles. The zero-order valence-corrected chi connectivity index (χ0v) is 14.9. The number of rotatable bonds is 4. The van der Waals surface area contributed by atoms with Gasteiger partial charge in [0.2, 0.25) is 5.91 Å². The van der Waals surface area contributed by atoms with E-state index in [0.29, 0.717) is 11.3 Å². The van der Waals surface area contributed by atoms with Crippen molar-refractivity contribution in [2.75, 3.05) is 4.31 Å². The molecule has 0 fully saturated rings. The number of carbonyl (C=O) groups is 1. The van der Waals surface area contributed by atoms with Crippen molar-refractivity contribution in [1.29, 1.82) is 0 Å². The van der Waals surface area contributed by atoms with Gasteiger partial charge in [-0.1, -0.05) is 18.2 Å². The van der Waals surface area contributed by atoms with Gasteiger partial charge < -0.3 is 0 Å². The van der Waals surface area contributed by atoms with Crippen molar-refractivity contribution in [2.45, 2.75) is 17.4 Å². The minimum Gasteiger partial charge on any atom is -0.289 e. The molecule has 0 spiro atoms. The number of hydroxylamine groups is 1. The monoisotopic (exact) mass is 384 g/mol. The first-order valence-corrected chi connectivity index (χ1v) is 9.63. The molecule has 2 heterocycles. The smallest absolute Gasteiger partial charge is 0.265 e. The summed E-state index contributed by atoms with van der Waals surface area (Å²) in [4.78, 5) is 11.9. The van der Waals surface area contributed by atoms with Crippen molar-refractivity contribution in [1.82, 2.24) is 15.3 Å². The van der Waals surface area contributed by atoms with Gasteiger partial charge in [-0.25, -0.2) is 18.6 Å². The van der Waals surface area contributed by atoms with Crippen molar-refractivity contribution < 1.29 is 18.4 Å². The van der Waals surface area contributed by atoms with Crippen molar-refractivity contribution in [3.63, 3.8) is 0 Å². The fourth-order valence-corrected chi connectivity index (χ4v) is 5.18. The Kier molecular flexibility index (Phi) is 4.17. The Morgan fingerprint density at radius 2 is 1.78 bits per heavy atom. The first kappa shape index (κ1) is 17.3. The normalized spacial score (nSPS) is 17.5. The molecule has 1 aliphatic heterocycles. The molecule has 0 bridgehead atoms. The van der Waals surface area contributed by atoms with Crippen molar-refractivity contribution >= 4 is 21.6 Å². The van der Waals surface area contributed by atoms with E-state index in [1.165, 1.54) is 10.4 Å². The van der Waals surface area contributed by atoms with Gasteiger partial charge in [0, 0.05) is 12.4 Å². The lowest BCUT2D eigenvalue weighted by Crippen LogP contribution is -2.32. The Balaban J connectivity index is 1.78. The van der Waals surface area contributed by atoms with Gasteiger partial charge in [-0.05, 0) is 42.0 Å². The molecule has 0 aliphatic carbocycles. The van der Waals surface area contributed by atoms with Gasteiger partial charge in [0.05, 0.1) is 28.7 Å². The van der Waals surface area contributed by atoms with E-state index < -0.39 is 22.0 Å². The number of amides is 1. The number of aromatic nitrogens is 2. The second-order valence-electron chi connectivity index (χ2n) is 6.06. The maximum Gasteiger partial charge on any atom is 0.265 e. The maximum absolute atomic E-state index is 13.1. The van der Waals surface area contributed by atoms with Crippen LogP contribution < -0.4 is 9.79 Å². The van der Waals surface area contributed by atoms with E-state index in [2.05, 4.69) is 5.10 Å². The molecule has 138 valence electrons. The second-order valence-corrected chi connectivity index (χ2v) is 7.84. The Hall–Kier alpha value is -3.17. The van der Waals surface area contributed by atoms with Crippen LogP contribution in [0, 0.1) is 0 Å². The molecular formula is C18H16N4O4S. The molecule has 1 amide bonds. The summed E-state index contributed by atoms with van der Waals surface area (Å²) in [6.07, 6.45) is 3.23. The molecule has 0 saturated heterocycles. The van der Waals surface area contributed by atoms with Crippen LogP contribution in [0.2, 0.25) is 0 Å². The van der Waals surface area contributed by atoms with Gasteiger partial charge in [0.1, 0.15) is 0 Å². The zero-order valence-electron chi connectivity index (χ0n) is 14.1. The minimum atomic E-state index is -3.82. The minimum absolute atomic E-state index is 0.164. The summed E-state index contributed by atoms with van der Waals surface area (Å²) in [7, 11) is -3.82. The van der Waals surface area contributed by atoms with Gasteiger partial charge >= 0.3 is 0 Å². The number of carbonyl (C=O) groups excluding carboxylic acids is 1. The van der Waals surface area contributed by atoms with Gasteiger partial charge in [-0.2, -0.15) is 5.10 Å². The molecule has 8 nitrogen and oxygen atoms in total. The number of hydrogen-bond donors (Lipinski definition) is 2. The largest absolute Gasteiger partial charge is 0.289 e. The highest BCUT2D eigenvalue weighted by atomic mass is 32.2. The third kappa shape index (κ3) is 2.86. The van der Waals surface area contributed by atoms with Crippen LogP contribution >= 0.6 is 0 Å². The molecule has 2 N–H and O–H groups in total. The summed E-state index contributed by atoms with van der Waals surface area (Å²) >= 11 is 0. The molecule has 1 atom stereocenters. The third-order valence-electron chi connectivity index (χ3n) is 4.47. The molecule has 1 unspecified atom stereocenters. The number of sulfonamides is 1. The standard InChI is InChI=1S/C18H16N4O4S/c23-18(20-24)12-16-15-4-1-2-5-17(15)27(25,26)22(16)14-8-6-13(7-9-14)21-11-3-10-19-21/h1-11,16,24H,12H2,(H,20,23). The molecule has 27 heavy (non-hydrogen) atoms. The fraction of sp³-hybridized carbons (Fsp3) is 0.111. The van der Waals surface area contributed by atoms with E-state index in [4.69, 9.17) is 5.21 Å². The van der Waals surface area contributed by atoms with Crippen LogP contribution in [0.1, 0.15) is 18.0 Å². The Morgan fingerprint density at radius 3 is 2.44 bits per heavy atom. The SMILES string of the molecule is O=C(CC1c2ccccc2S(=O)(=O)N1c1ccc(-n2cccn2)cc1)NO. The number of hydrogen-bond acceptors (Lipinski definition) is 5. The summed E-state index contributed by atoms with van der Waals surface area (Å²) in [6.45, 7) is 0. The molecule has 4 rings (SSSR count). The van der Waals surface area contributed by atoms with Crippen LogP contribution in [0.25, 0.3) is 5.69 Å². The zero-order chi connectivity index (χ0) is 19.0. The fourth-order valence-electron chi connectivity index (χ4n) is 3.30. The summed E-state index contributed by atoms with van der Waals surface area (Å²) < 4.78 is 29.1. The molecular weight excluding hydrogens is 368 g/mol. The van der Waals surface area contributed by atoms with Gasteiger partial charge in [-0.3, -0.25) is 14.3 Å². The third-order valence-corrected chi connectivity index (χ3v) is 6.39. The highest BCUT2D eigenvalue weighted by Gasteiger charge is 2.43. The van der Waals surface area contributed by atoms with Crippen molar-refractivity contribution in [2.24, 2.45) is 0 Å². The molecule has 1 aliphatic rings. The van der Waals surface area contributed by atoms with Crippen LogP contribution in [-0.2, 0) is 14.8 Å². The second kappa shape index (κ2) is 6.53.